The van der Waals surface area contributed by atoms with Crippen molar-refractivity contribution < 1.29 is 4.74 Å². The molecule has 1 spiro atoms. The van der Waals surface area contributed by atoms with Gasteiger partial charge in [0.1, 0.15) is 6.73 Å². The van der Waals surface area contributed by atoms with Gasteiger partial charge in [-0.1, -0.05) is 19.3 Å². The lowest BCUT2D eigenvalue weighted by Crippen LogP contribution is -2.23. The summed E-state index contributed by atoms with van der Waals surface area (Å²) >= 11 is 0. The zero-order chi connectivity index (χ0) is 7.73. The highest BCUT2D eigenvalue weighted by atomic mass is 16.5. The van der Waals surface area contributed by atoms with Crippen molar-refractivity contribution in [3.05, 3.63) is 0 Å². The van der Waals surface area contributed by atoms with Crippen LogP contribution in [-0.4, -0.2) is 24.5 Å². The smallest absolute Gasteiger partial charge is 0.113 e. The van der Waals surface area contributed by atoms with Crippen LogP contribution in [0.1, 0.15) is 32.1 Å². The largest absolute Gasteiger partial charge is 0.368 e. The second kappa shape index (κ2) is 2.73. The fourth-order valence-electron chi connectivity index (χ4n) is 2.03. The summed E-state index contributed by atoms with van der Waals surface area (Å²) in [6.07, 6.45) is 6.75. The normalized spacial score (nSPS) is 34.1. The van der Waals surface area contributed by atoms with E-state index in [4.69, 9.17) is 4.74 Å². The van der Waals surface area contributed by atoms with Crippen molar-refractivity contribution >= 4 is 0 Å². The molecule has 2 rings (SSSR count). The number of hydrazine groups is 1. The lowest BCUT2D eigenvalue weighted by molar-refractivity contribution is 0.101. The molecule has 0 aromatic rings. The first-order valence-corrected chi connectivity index (χ1v) is 4.42. The number of ether oxygens (including phenoxy) is 1. The highest BCUT2D eigenvalue weighted by molar-refractivity contribution is 4.98. The van der Waals surface area contributed by atoms with Gasteiger partial charge in [0.15, 0.2) is 0 Å². The van der Waals surface area contributed by atoms with Crippen LogP contribution in [-0.2, 0) is 4.74 Å². The predicted octanol–water partition coefficient (Wildman–Crippen LogP) is 1.07. The van der Waals surface area contributed by atoms with Crippen LogP contribution in [0.4, 0.5) is 0 Å². The molecular formula is C8H16N2O. The third kappa shape index (κ3) is 1.28. The first-order valence-electron chi connectivity index (χ1n) is 4.42. The Morgan fingerprint density at radius 1 is 1.36 bits per heavy atom. The summed E-state index contributed by atoms with van der Waals surface area (Å²) in [4.78, 5) is 0. The maximum Gasteiger partial charge on any atom is 0.113 e. The molecule has 0 aromatic heterocycles. The summed E-state index contributed by atoms with van der Waals surface area (Å²) in [5.74, 6) is 0. The van der Waals surface area contributed by atoms with E-state index < -0.39 is 0 Å². The number of nitrogens with zero attached hydrogens (tertiary/aromatic N) is 1. The Kier molecular flexibility index (Phi) is 1.87. The Balaban J connectivity index is 1.84. The predicted molar refractivity (Wildman–Crippen MR) is 42.7 cm³/mol. The molecule has 1 unspecified atom stereocenters. The Labute approximate surface area is 67.7 Å². The van der Waals surface area contributed by atoms with Crippen LogP contribution < -0.4 is 5.43 Å². The first-order chi connectivity index (χ1) is 5.37. The van der Waals surface area contributed by atoms with Crippen LogP contribution in [0.15, 0.2) is 0 Å². The zero-order valence-electron chi connectivity index (χ0n) is 7.10. The second-order valence-corrected chi connectivity index (χ2v) is 3.55. The number of rotatable bonds is 2. The van der Waals surface area contributed by atoms with E-state index in [1.807, 2.05) is 0 Å². The van der Waals surface area contributed by atoms with Crippen molar-refractivity contribution in [3.8, 4) is 0 Å². The lowest BCUT2D eigenvalue weighted by Gasteiger charge is -2.19. The average molecular weight is 156 g/mol. The Hall–Kier alpha value is -0.120. The topological polar surface area (TPSA) is 34.2 Å². The second-order valence-electron chi connectivity index (χ2n) is 3.55. The number of nitrogens with one attached hydrogen (secondary N) is 1. The molecule has 3 nitrogen and oxygen atoms in total. The summed E-state index contributed by atoms with van der Waals surface area (Å²) in [6.45, 7) is 0.736. The number of hydrogen-bond donors (Lipinski definition) is 1. The van der Waals surface area contributed by atoms with Gasteiger partial charge in [-0.05, 0) is 12.8 Å². The van der Waals surface area contributed by atoms with E-state index in [0.717, 1.165) is 6.73 Å². The molecule has 0 amide bonds. The summed E-state index contributed by atoms with van der Waals surface area (Å²) in [7, 11) is 1.75. The van der Waals surface area contributed by atoms with Gasteiger partial charge >= 0.3 is 0 Å². The molecule has 0 aromatic carbocycles. The monoisotopic (exact) mass is 156 g/mol. The summed E-state index contributed by atoms with van der Waals surface area (Å²) < 4.78 is 5.06. The molecule has 1 atom stereocenters. The van der Waals surface area contributed by atoms with Crippen molar-refractivity contribution in [2.45, 2.75) is 37.8 Å². The van der Waals surface area contributed by atoms with Gasteiger partial charge in [-0.2, -0.15) is 5.01 Å². The van der Waals surface area contributed by atoms with E-state index in [0.29, 0.717) is 5.66 Å². The minimum Gasteiger partial charge on any atom is -0.368 e. The molecule has 0 bridgehead atoms. The van der Waals surface area contributed by atoms with E-state index in [9.17, 15) is 0 Å². The van der Waals surface area contributed by atoms with Crippen LogP contribution in [0, 0.1) is 0 Å². The van der Waals surface area contributed by atoms with Crippen LogP contribution >= 0.6 is 0 Å². The van der Waals surface area contributed by atoms with Crippen molar-refractivity contribution in [1.82, 2.24) is 10.4 Å². The standard InChI is InChI=1S/C8H16N2O/c1-11-7-10-8(9-10)5-3-2-4-6-8/h9H,2-7H2,1H3. The lowest BCUT2D eigenvalue weighted by atomic mass is 9.93. The molecule has 0 radical (unpaired) electrons. The third-order valence-electron chi connectivity index (χ3n) is 2.75. The fourth-order valence-corrected chi connectivity index (χ4v) is 2.03. The number of hydrogen-bond acceptors (Lipinski definition) is 3. The highest BCUT2D eigenvalue weighted by Crippen LogP contribution is 2.39. The van der Waals surface area contributed by atoms with E-state index in [2.05, 4.69) is 10.4 Å². The molecule has 1 aliphatic carbocycles. The maximum absolute atomic E-state index is 5.06. The zero-order valence-corrected chi connectivity index (χ0v) is 7.10. The molecule has 3 heteroatoms. The minimum absolute atomic E-state index is 0.355. The molecule has 11 heavy (non-hydrogen) atoms. The summed E-state index contributed by atoms with van der Waals surface area (Å²) in [5.41, 5.74) is 3.75. The van der Waals surface area contributed by atoms with Crippen LogP contribution in [0.3, 0.4) is 0 Å². The van der Waals surface area contributed by atoms with Gasteiger partial charge in [-0.3, -0.25) is 0 Å². The molecule has 1 heterocycles. The number of methoxy groups -OCH3 is 1. The Morgan fingerprint density at radius 2 is 2.09 bits per heavy atom. The van der Waals surface area contributed by atoms with E-state index in [1.54, 1.807) is 7.11 Å². The first kappa shape index (κ1) is 7.53. The average Bonchev–Trinajstić information content (AvgIpc) is 2.66. The molecule has 2 fully saturated rings. The van der Waals surface area contributed by atoms with Crippen LogP contribution in [0.25, 0.3) is 0 Å². The minimum atomic E-state index is 0.355. The van der Waals surface area contributed by atoms with E-state index in [1.165, 1.54) is 32.1 Å². The molecule has 64 valence electrons. The van der Waals surface area contributed by atoms with Gasteiger partial charge in [-0.25, -0.2) is 5.43 Å². The van der Waals surface area contributed by atoms with Gasteiger partial charge in [-0.15, -0.1) is 0 Å². The van der Waals surface area contributed by atoms with Crippen molar-refractivity contribution in [3.63, 3.8) is 0 Å². The van der Waals surface area contributed by atoms with Gasteiger partial charge in [0, 0.05) is 7.11 Å². The fraction of sp³-hybridized carbons (Fsp3) is 1.00. The molecule has 1 saturated carbocycles. The summed E-state index contributed by atoms with van der Waals surface area (Å²) in [6, 6.07) is 0. The quantitative estimate of drug-likeness (QED) is 0.607. The van der Waals surface area contributed by atoms with Gasteiger partial charge < -0.3 is 4.74 Å². The van der Waals surface area contributed by atoms with Gasteiger partial charge in [0.25, 0.3) is 0 Å². The molecule has 1 saturated heterocycles. The molecular weight excluding hydrogens is 140 g/mol. The summed E-state index contributed by atoms with van der Waals surface area (Å²) in [5, 5.41) is 2.21. The third-order valence-corrected chi connectivity index (χ3v) is 2.75. The molecule has 1 N–H and O–H groups in total. The molecule has 1 aliphatic heterocycles. The van der Waals surface area contributed by atoms with Crippen molar-refractivity contribution in [2.75, 3.05) is 13.8 Å². The highest BCUT2D eigenvalue weighted by Gasteiger charge is 2.51. The van der Waals surface area contributed by atoms with Gasteiger partial charge in [0.05, 0.1) is 5.66 Å². The van der Waals surface area contributed by atoms with Crippen molar-refractivity contribution in [1.29, 1.82) is 0 Å². The van der Waals surface area contributed by atoms with Crippen LogP contribution in [0.5, 0.6) is 0 Å². The van der Waals surface area contributed by atoms with Crippen LogP contribution in [0.2, 0.25) is 0 Å². The van der Waals surface area contributed by atoms with Crippen molar-refractivity contribution in [2.24, 2.45) is 0 Å². The maximum atomic E-state index is 5.06. The Bertz CT molecular complexity index is 143. The molecule has 2 aliphatic rings. The van der Waals surface area contributed by atoms with E-state index >= 15 is 0 Å². The van der Waals surface area contributed by atoms with Gasteiger partial charge in [0.2, 0.25) is 0 Å². The SMILES string of the molecule is COCN1NC12CCCCC2. The Morgan fingerprint density at radius 3 is 2.73 bits per heavy atom. The van der Waals surface area contributed by atoms with E-state index in [-0.39, 0.29) is 0 Å².